The molecule has 2 atom stereocenters. The van der Waals surface area contributed by atoms with Gasteiger partial charge in [0.2, 0.25) is 0 Å². The minimum Gasteiger partial charge on any atom is -0.329 e. The highest BCUT2D eigenvalue weighted by atomic mass is 79.9. The lowest BCUT2D eigenvalue weighted by Gasteiger charge is -2.32. The SMILES string of the molecule is CC(c1cccs1)N(C)C(CN)c1ccc(Br)c(Cl)c1. The smallest absolute Gasteiger partial charge is 0.0551 e. The van der Waals surface area contributed by atoms with E-state index in [0.717, 1.165) is 15.1 Å². The van der Waals surface area contributed by atoms with Crippen LogP contribution < -0.4 is 5.73 Å². The molecule has 0 aliphatic heterocycles. The maximum absolute atomic E-state index is 6.19. The standard InChI is InChI=1S/C15H18BrClN2S/c1-10(15-4-3-7-20-15)19(2)14(9-18)11-5-6-12(16)13(17)8-11/h3-8,10,14H,9,18H2,1-2H3. The molecule has 2 nitrogen and oxygen atoms in total. The highest BCUT2D eigenvalue weighted by Crippen LogP contribution is 2.33. The normalized spacial score (nSPS) is 14.5. The van der Waals surface area contributed by atoms with Crippen molar-refractivity contribution >= 4 is 38.9 Å². The van der Waals surface area contributed by atoms with E-state index >= 15 is 0 Å². The molecule has 0 aliphatic rings. The van der Waals surface area contributed by atoms with Crippen LogP contribution in [-0.2, 0) is 0 Å². The van der Waals surface area contributed by atoms with Gasteiger partial charge in [0.1, 0.15) is 0 Å². The van der Waals surface area contributed by atoms with Gasteiger partial charge in [0.25, 0.3) is 0 Å². The van der Waals surface area contributed by atoms with E-state index in [-0.39, 0.29) is 6.04 Å². The molecule has 0 radical (unpaired) electrons. The summed E-state index contributed by atoms with van der Waals surface area (Å²) in [5.74, 6) is 0. The van der Waals surface area contributed by atoms with Crippen molar-refractivity contribution in [3.8, 4) is 0 Å². The maximum Gasteiger partial charge on any atom is 0.0551 e. The molecule has 0 saturated carbocycles. The second-order valence-corrected chi connectivity index (χ2v) is 7.02. The predicted molar refractivity (Wildman–Crippen MR) is 91.4 cm³/mol. The average molecular weight is 374 g/mol. The molecular weight excluding hydrogens is 356 g/mol. The fourth-order valence-electron chi connectivity index (χ4n) is 2.26. The molecule has 0 fully saturated rings. The molecular formula is C15H18BrClN2S. The van der Waals surface area contributed by atoms with E-state index in [1.54, 1.807) is 11.3 Å². The van der Waals surface area contributed by atoms with Crippen molar-refractivity contribution in [2.24, 2.45) is 5.73 Å². The average Bonchev–Trinajstić information content (AvgIpc) is 2.96. The van der Waals surface area contributed by atoms with Crippen molar-refractivity contribution < 1.29 is 0 Å². The highest BCUT2D eigenvalue weighted by Gasteiger charge is 2.22. The Bertz CT molecular complexity index is 559. The zero-order valence-electron chi connectivity index (χ0n) is 11.5. The first-order valence-electron chi connectivity index (χ1n) is 6.45. The maximum atomic E-state index is 6.19. The van der Waals surface area contributed by atoms with E-state index in [1.165, 1.54) is 4.88 Å². The molecule has 2 unspecified atom stereocenters. The molecule has 0 amide bonds. The van der Waals surface area contributed by atoms with E-state index in [9.17, 15) is 0 Å². The van der Waals surface area contributed by atoms with Crippen molar-refractivity contribution in [3.63, 3.8) is 0 Å². The molecule has 1 heterocycles. The third kappa shape index (κ3) is 3.43. The van der Waals surface area contributed by atoms with Gasteiger partial charge in [0, 0.05) is 28.0 Å². The van der Waals surface area contributed by atoms with Crippen LogP contribution in [0.3, 0.4) is 0 Å². The van der Waals surface area contributed by atoms with Gasteiger partial charge in [-0.05, 0) is 59.0 Å². The Kier molecular flexibility index (Phi) is 5.64. The summed E-state index contributed by atoms with van der Waals surface area (Å²) in [4.78, 5) is 3.64. The summed E-state index contributed by atoms with van der Waals surface area (Å²) in [7, 11) is 2.11. The van der Waals surface area contributed by atoms with Crippen LogP contribution in [-0.4, -0.2) is 18.5 Å². The number of thiophene rings is 1. The van der Waals surface area contributed by atoms with Crippen LogP contribution in [0.15, 0.2) is 40.2 Å². The molecule has 0 bridgehead atoms. The second kappa shape index (κ2) is 7.05. The number of hydrogen-bond acceptors (Lipinski definition) is 3. The van der Waals surface area contributed by atoms with Gasteiger partial charge in [0.15, 0.2) is 0 Å². The monoisotopic (exact) mass is 372 g/mol. The van der Waals surface area contributed by atoms with Gasteiger partial charge in [0.05, 0.1) is 5.02 Å². The van der Waals surface area contributed by atoms with Gasteiger partial charge in [-0.2, -0.15) is 0 Å². The highest BCUT2D eigenvalue weighted by molar-refractivity contribution is 9.10. The zero-order valence-corrected chi connectivity index (χ0v) is 14.7. The van der Waals surface area contributed by atoms with Crippen molar-refractivity contribution in [2.45, 2.75) is 19.0 Å². The van der Waals surface area contributed by atoms with Crippen LogP contribution in [0.5, 0.6) is 0 Å². The molecule has 1 aromatic carbocycles. The predicted octanol–water partition coefficient (Wildman–Crippen LogP) is 4.86. The molecule has 2 aromatic rings. The summed E-state index contributed by atoms with van der Waals surface area (Å²) >= 11 is 11.4. The van der Waals surface area contributed by atoms with E-state index < -0.39 is 0 Å². The Morgan fingerprint density at radius 3 is 2.70 bits per heavy atom. The Balaban J connectivity index is 2.24. The number of rotatable bonds is 5. The third-order valence-corrected chi connectivity index (χ3v) is 5.88. The number of benzene rings is 1. The van der Waals surface area contributed by atoms with Crippen molar-refractivity contribution in [1.82, 2.24) is 4.90 Å². The molecule has 108 valence electrons. The van der Waals surface area contributed by atoms with Crippen LogP contribution in [0, 0.1) is 0 Å². The van der Waals surface area contributed by atoms with Crippen molar-refractivity contribution in [2.75, 3.05) is 13.6 Å². The van der Waals surface area contributed by atoms with E-state index in [4.69, 9.17) is 17.3 Å². The van der Waals surface area contributed by atoms with Crippen LogP contribution >= 0.6 is 38.9 Å². The fraction of sp³-hybridized carbons (Fsp3) is 0.333. The summed E-state index contributed by atoms with van der Waals surface area (Å²) in [6.07, 6.45) is 0. The first kappa shape index (κ1) is 16.0. The summed E-state index contributed by atoms with van der Waals surface area (Å²) in [6.45, 7) is 2.76. The van der Waals surface area contributed by atoms with E-state index in [1.807, 2.05) is 12.1 Å². The number of nitrogens with zero attached hydrogens (tertiary/aromatic N) is 1. The van der Waals surface area contributed by atoms with Gasteiger partial charge in [-0.15, -0.1) is 11.3 Å². The number of nitrogens with two attached hydrogens (primary N) is 1. The van der Waals surface area contributed by atoms with Crippen molar-refractivity contribution in [1.29, 1.82) is 0 Å². The lowest BCUT2D eigenvalue weighted by Crippen LogP contribution is -2.32. The Labute approximate surface area is 137 Å². The number of halogens is 2. The summed E-state index contributed by atoms with van der Waals surface area (Å²) in [5, 5.41) is 2.83. The van der Waals surface area contributed by atoms with Crippen LogP contribution in [0.1, 0.15) is 29.4 Å². The van der Waals surface area contributed by atoms with Gasteiger partial charge in [-0.25, -0.2) is 0 Å². The molecule has 5 heteroatoms. The van der Waals surface area contributed by atoms with E-state index in [0.29, 0.717) is 12.6 Å². The Morgan fingerprint density at radius 1 is 1.40 bits per heavy atom. The Morgan fingerprint density at radius 2 is 2.15 bits per heavy atom. The quantitative estimate of drug-likeness (QED) is 0.811. The Hall–Kier alpha value is -0.390. The summed E-state index contributed by atoms with van der Waals surface area (Å²) in [6, 6.07) is 10.8. The molecule has 0 aliphatic carbocycles. The molecule has 1 aromatic heterocycles. The van der Waals surface area contributed by atoms with Gasteiger partial charge < -0.3 is 5.73 Å². The molecule has 20 heavy (non-hydrogen) atoms. The van der Waals surface area contributed by atoms with Crippen molar-refractivity contribution in [3.05, 3.63) is 55.6 Å². The molecule has 0 spiro atoms. The van der Waals surface area contributed by atoms with Crippen LogP contribution in [0.4, 0.5) is 0 Å². The second-order valence-electron chi connectivity index (χ2n) is 4.78. The largest absolute Gasteiger partial charge is 0.329 e. The summed E-state index contributed by atoms with van der Waals surface area (Å²) < 4.78 is 0.910. The van der Waals surface area contributed by atoms with Crippen LogP contribution in [0.2, 0.25) is 5.02 Å². The minimum atomic E-state index is 0.151. The third-order valence-electron chi connectivity index (χ3n) is 3.61. The van der Waals surface area contributed by atoms with Gasteiger partial charge in [-0.1, -0.05) is 23.7 Å². The molecule has 0 saturated heterocycles. The van der Waals surface area contributed by atoms with Gasteiger partial charge in [-0.3, -0.25) is 4.90 Å². The summed E-state index contributed by atoms with van der Waals surface area (Å²) in [5.41, 5.74) is 7.14. The topological polar surface area (TPSA) is 29.3 Å². The minimum absolute atomic E-state index is 0.151. The lowest BCUT2D eigenvalue weighted by atomic mass is 10.0. The number of hydrogen-bond donors (Lipinski definition) is 1. The lowest BCUT2D eigenvalue weighted by molar-refractivity contribution is 0.193. The molecule has 2 rings (SSSR count). The van der Waals surface area contributed by atoms with Crippen LogP contribution in [0.25, 0.3) is 0 Å². The number of likely N-dealkylation sites (N-methyl/N-ethyl adjacent to an activating group) is 1. The fourth-order valence-corrected chi connectivity index (χ4v) is 3.53. The van der Waals surface area contributed by atoms with Gasteiger partial charge >= 0.3 is 0 Å². The first-order valence-corrected chi connectivity index (χ1v) is 8.50. The first-order chi connectivity index (χ1) is 9.54. The van der Waals surface area contributed by atoms with E-state index in [2.05, 4.69) is 58.4 Å². The molecule has 2 N–H and O–H groups in total. The zero-order chi connectivity index (χ0) is 14.7.